The molecule has 2 rings (SSSR count). The van der Waals surface area contributed by atoms with E-state index in [-0.39, 0.29) is 11.9 Å². The first-order chi connectivity index (χ1) is 10.8. The quantitative estimate of drug-likeness (QED) is 0.661. The first-order valence-corrected chi connectivity index (χ1v) is 7.25. The van der Waals surface area contributed by atoms with E-state index in [1.807, 2.05) is 30.3 Å². The molecule has 22 heavy (non-hydrogen) atoms. The maximum absolute atomic E-state index is 12.8. The average Bonchev–Trinajstić information content (AvgIpc) is 2.56. The molecule has 0 heterocycles. The average molecular weight is 302 g/mol. The van der Waals surface area contributed by atoms with Gasteiger partial charge in [-0.05, 0) is 36.2 Å². The lowest BCUT2D eigenvalue weighted by atomic mass is 10.2. The SMILES string of the molecule is O=CCC[C@@H](COc1ccc(F)cc1)OCc1ccccc1. The highest BCUT2D eigenvalue weighted by molar-refractivity contribution is 5.49. The smallest absolute Gasteiger partial charge is 0.123 e. The second-order valence-electron chi connectivity index (χ2n) is 4.93. The molecule has 4 heteroatoms. The van der Waals surface area contributed by atoms with Gasteiger partial charge in [-0.25, -0.2) is 4.39 Å². The Labute approximate surface area is 129 Å². The van der Waals surface area contributed by atoms with Crippen LogP contribution in [0.25, 0.3) is 0 Å². The van der Waals surface area contributed by atoms with Crippen molar-refractivity contribution in [1.82, 2.24) is 0 Å². The number of ether oxygens (including phenoxy) is 2. The summed E-state index contributed by atoms with van der Waals surface area (Å²) in [7, 11) is 0. The van der Waals surface area contributed by atoms with Gasteiger partial charge < -0.3 is 14.3 Å². The van der Waals surface area contributed by atoms with Crippen LogP contribution in [0.5, 0.6) is 5.75 Å². The van der Waals surface area contributed by atoms with Gasteiger partial charge in [0.2, 0.25) is 0 Å². The second kappa shape index (κ2) is 8.95. The molecule has 116 valence electrons. The van der Waals surface area contributed by atoms with Crippen LogP contribution < -0.4 is 4.74 Å². The number of aldehydes is 1. The van der Waals surface area contributed by atoms with E-state index < -0.39 is 0 Å². The maximum Gasteiger partial charge on any atom is 0.123 e. The summed E-state index contributed by atoms with van der Waals surface area (Å²) in [6, 6.07) is 15.7. The van der Waals surface area contributed by atoms with Gasteiger partial charge in [0.25, 0.3) is 0 Å². The molecule has 0 fully saturated rings. The van der Waals surface area contributed by atoms with Crippen molar-refractivity contribution in [1.29, 1.82) is 0 Å². The zero-order chi connectivity index (χ0) is 15.6. The molecule has 0 aliphatic rings. The third-order valence-corrected chi connectivity index (χ3v) is 3.18. The Morgan fingerprint density at radius 1 is 1.05 bits per heavy atom. The first-order valence-electron chi connectivity index (χ1n) is 7.25. The van der Waals surface area contributed by atoms with Gasteiger partial charge in [-0.1, -0.05) is 30.3 Å². The normalized spacial score (nSPS) is 11.9. The Balaban J connectivity index is 1.85. The van der Waals surface area contributed by atoms with Crippen molar-refractivity contribution in [3.8, 4) is 5.75 Å². The second-order valence-corrected chi connectivity index (χ2v) is 4.93. The summed E-state index contributed by atoms with van der Waals surface area (Å²) in [4.78, 5) is 10.6. The molecule has 0 spiro atoms. The number of benzene rings is 2. The van der Waals surface area contributed by atoms with Gasteiger partial charge in [-0.15, -0.1) is 0 Å². The van der Waals surface area contributed by atoms with Crippen LogP contribution in [-0.2, 0) is 16.1 Å². The zero-order valence-electron chi connectivity index (χ0n) is 12.3. The minimum absolute atomic E-state index is 0.185. The van der Waals surface area contributed by atoms with Crippen LogP contribution in [0.1, 0.15) is 18.4 Å². The Bertz CT molecular complexity index is 554. The van der Waals surface area contributed by atoms with Gasteiger partial charge in [0.15, 0.2) is 0 Å². The molecular formula is C18H19FO3. The monoisotopic (exact) mass is 302 g/mol. The van der Waals surface area contributed by atoms with Crippen LogP contribution in [0.15, 0.2) is 54.6 Å². The van der Waals surface area contributed by atoms with Crippen molar-refractivity contribution in [2.45, 2.75) is 25.6 Å². The topological polar surface area (TPSA) is 35.5 Å². The number of hydrogen-bond donors (Lipinski definition) is 0. The molecule has 2 aromatic carbocycles. The highest BCUT2D eigenvalue weighted by Gasteiger charge is 2.10. The van der Waals surface area contributed by atoms with Gasteiger partial charge in [0.05, 0.1) is 12.7 Å². The van der Waals surface area contributed by atoms with E-state index in [1.165, 1.54) is 12.1 Å². The first kappa shape index (κ1) is 16.2. The lowest BCUT2D eigenvalue weighted by Gasteiger charge is -2.18. The van der Waals surface area contributed by atoms with Gasteiger partial charge >= 0.3 is 0 Å². The molecule has 0 amide bonds. The molecule has 2 aromatic rings. The maximum atomic E-state index is 12.8. The Kier molecular flexibility index (Phi) is 6.58. The summed E-state index contributed by atoms with van der Waals surface area (Å²) in [6.45, 7) is 0.795. The van der Waals surface area contributed by atoms with Gasteiger partial charge in [0, 0.05) is 6.42 Å². The van der Waals surface area contributed by atoms with E-state index in [4.69, 9.17) is 9.47 Å². The fourth-order valence-corrected chi connectivity index (χ4v) is 1.98. The summed E-state index contributed by atoms with van der Waals surface area (Å²) in [5, 5.41) is 0. The highest BCUT2D eigenvalue weighted by Crippen LogP contribution is 2.14. The molecular weight excluding hydrogens is 283 g/mol. The number of hydrogen-bond acceptors (Lipinski definition) is 3. The Morgan fingerprint density at radius 3 is 2.45 bits per heavy atom. The lowest BCUT2D eigenvalue weighted by Crippen LogP contribution is -2.22. The van der Waals surface area contributed by atoms with E-state index in [2.05, 4.69) is 0 Å². The van der Waals surface area contributed by atoms with E-state index in [0.29, 0.717) is 31.8 Å². The molecule has 0 unspecified atom stereocenters. The molecule has 0 aliphatic carbocycles. The fourth-order valence-electron chi connectivity index (χ4n) is 1.98. The molecule has 0 radical (unpaired) electrons. The van der Waals surface area contributed by atoms with Crippen molar-refractivity contribution >= 4 is 6.29 Å². The van der Waals surface area contributed by atoms with Crippen LogP contribution in [0, 0.1) is 5.82 Å². The number of halogens is 1. The van der Waals surface area contributed by atoms with Crippen LogP contribution >= 0.6 is 0 Å². The van der Waals surface area contributed by atoms with E-state index in [1.54, 1.807) is 12.1 Å². The van der Waals surface area contributed by atoms with Crippen molar-refractivity contribution in [2.75, 3.05) is 6.61 Å². The van der Waals surface area contributed by atoms with Crippen LogP contribution in [0.3, 0.4) is 0 Å². The number of carbonyl (C=O) groups excluding carboxylic acids is 1. The number of rotatable bonds is 9. The standard InChI is InChI=1S/C18H19FO3/c19-16-8-10-17(11-9-16)22-14-18(7-4-12-20)21-13-15-5-2-1-3-6-15/h1-3,5-6,8-12,18H,4,7,13-14H2/t18-/m0/s1. The van der Waals surface area contributed by atoms with E-state index in [9.17, 15) is 9.18 Å². The van der Waals surface area contributed by atoms with Gasteiger partial charge in [-0.3, -0.25) is 0 Å². The molecule has 0 aliphatic heterocycles. The van der Waals surface area contributed by atoms with E-state index in [0.717, 1.165) is 11.8 Å². The van der Waals surface area contributed by atoms with Gasteiger partial charge in [-0.2, -0.15) is 0 Å². The molecule has 3 nitrogen and oxygen atoms in total. The third-order valence-electron chi connectivity index (χ3n) is 3.18. The molecule has 0 aromatic heterocycles. The van der Waals surface area contributed by atoms with Gasteiger partial charge in [0.1, 0.15) is 24.5 Å². The summed E-state index contributed by atoms with van der Waals surface area (Å²) in [5.41, 5.74) is 1.07. The Morgan fingerprint density at radius 2 is 1.77 bits per heavy atom. The third kappa shape index (κ3) is 5.66. The van der Waals surface area contributed by atoms with Crippen molar-refractivity contribution in [3.05, 3.63) is 66.0 Å². The summed E-state index contributed by atoms with van der Waals surface area (Å²) in [6.07, 6.45) is 1.70. The molecule has 0 saturated heterocycles. The zero-order valence-corrected chi connectivity index (χ0v) is 12.3. The summed E-state index contributed by atoms with van der Waals surface area (Å²) < 4.78 is 24.3. The predicted octanol–water partition coefficient (Wildman–Crippen LogP) is 3.77. The molecule has 0 saturated carbocycles. The molecule has 0 bridgehead atoms. The largest absolute Gasteiger partial charge is 0.491 e. The van der Waals surface area contributed by atoms with Crippen molar-refractivity contribution in [3.63, 3.8) is 0 Å². The van der Waals surface area contributed by atoms with Crippen molar-refractivity contribution in [2.24, 2.45) is 0 Å². The number of carbonyl (C=O) groups is 1. The summed E-state index contributed by atoms with van der Waals surface area (Å²) in [5.74, 6) is 0.283. The Hall–Kier alpha value is -2.20. The van der Waals surface area contributed by atoms with E-state index >= 15 is 0 Å². The molecule has 1 atom stereocenters. The van der Waals surface area contributed by atoms with Crippen LogP contribution in [-0.4, -0.2) is 19.0 Å². The molecule has 0 N–H and O–H groups in total. The van der Waals surface area contributed by atoms with Crippen LogP contribution in [0.2, 0.25) is 0 Å². The lowest BCUT2D eigenvalue weighted by molar-refractivity contribution is -0.108. The minimum Gasteiger partial charge on any atom is -0.491 e. The highest BCUT2D eigenvalue weighted by atomic mass is 19.1. The minimum atomic E-state index is -0.301. The fraction of sp³-hybridized carbons (Fsp3) is 0.278. The predicted molar refractivity (Wildman–Crippen MR) is 82.2 cm³/mol. The van der Waals surface area contributed by atoms with Crippen molar-refractivity contribution < 1.29 is 18.7 Å². The van der Waals surface area contributed by atoms with Crippen LogP contribution in [0.4, 0.5) is 4.39 Å². The summed E-state index contributed by atoms with van der Waals surface area (Å²) >= 11 is 0.